The minimum absolute atomic E-state index is 0.0689. The van der Waals surface area contributed by atoms with Crippen molar-refractivity contribution in [3.05, 3.63) is 29.8 Å². The van der Waals surface area contributed by atoms with Crippen LogP contribution in [0.1, 0.15) is 43.5 Å². The molecule has 0 unspecified atom stereocenters. The van der Waals surface area contributed by atoms with Gasteiger partial charge in [0.05, 0.1) is 11.7 Å². The van der Waals surface area contributed by atoms with Crippen LogP contribution in [-0.2, 0) is 14.8 Å². The number of nitrogens with zero attached hydrogens (tertiary/aromatic N) is 1. The fourth-order valence-corrected chi connectivity index (χ4v) is 4.44. The highest BCUT2D eigenvalue weighted by molar-refractivity contribution is 7.89. The maximum absolute atomic E-state index is 12.5. The Morgan fingerprint density at radius 2 is 2.08 bits per heavy atom. The summed E-state index contributed by atoms with van der Waals surface area (Å²) in [6, 6.07) is 6.76. The molecule has 1 atom stereocenters. The molecule has 0 spiro atoms. The molecule has 1 aromatic carbocycles. The standard InChI is InChI=1S/C17H24N2O4S/c1-3-10-24(22,23)19-9-5-7-15(12-19)17(21)18-16-8-4-6-14(11-16)13(2)20/h4,6,8,11,15H,3,5,7,9-10,12H2,1-2H3,(H,18,21)/t15-/m0/s1. The lowest BCUT2D eigenvalue weighted by Gasteiger charge is -2.31. The third-order valence-electron chi connectivity index (χ3n) is 4.15. The first-order valence-electron chi connectivity index (χ1n) is 8.23. The summed E-state index contributed by atoms with van der Waals surface area (Å²) in [7, 11) is -3.28. The van der Waals surface area contributed by atoms with Gasteiger partial charge < -0.3 is 5.32 Å². The molecular weight excluding hydrogens is 328 g/mol. The first-order valence-corrected chi connectivity index (χ1v) is 9.84. The molecule has 1 heterocycles. The van der Waals surface area contributed by atoms with E-state index < -0.39 is 10.0 Å². The molecule has 1 fully saturated rings. The van der Waals surface area contributed by atoms with E-state index >= 15 is 0 Å². The van der Waals surface area contributed by atoms with Crippen molar-refractivity contribution in [3.8, 4) is 0 Å². The highest BCUT2D eigenvalue weighted by atomic mass is 32.2. The van der Waals surface area contributed by atoms with Gasteiger partial charge in [-0.2, -0.15) is 0 Å². The van der Waals surface area contributed by atoms with Crippen LogP contribution in [0.25, 0.3) is 0 Å². The highest BCUT2D eigenvalue weighted by Crippen LogP contribution is 2.22. The summed E-state index contributed by atoms with van der Waals surface area (Å²) < 4.78 is 25.8. The van der Waals surface area contributed by atoms with E-state index in [0.717, 1.165) is 0 Å². The molecule has 1 aliphatic rings. The summed E-state index contributed by atoms with van der Waals surface area (Å²) in [6.07, 6.45) is 1.90. The normalized spacial score (nSPS) is 19.0. The molecule has 7 heteroatoms. The SMILES string of the molecule is CCCS(=O)(=O)N1CCC[C@H](C(=O)Nc2cccc(C(C)=O)c2)C1. The lowest BCUT2D eigenvalue weighted by atomic mass is 9.98. The summed E-state index contributed by atoms with van der Waals surface area (Å²) in [6.45, 7) is 4.00. The summed E-state index contributed by atoms with van der Waals surface area (Å²) in [5.74, 6) is -0.527. The van der Waals surface area contributed by atoms with Gasteiger partial charge in [-0.1, -0.05) is 19.1 Å². The maximum atomic E-state index is 12.5. The molecule has 132 valence electrons. The first-order chi connectivity index (χ1) is 11.3. The van der Waals surface area contributed by atoms with Gasteiger partial charge in [-0.05, 0) is 38.3 Å². The Morgan fingerprint density at radius 1 is 1.33 bits per heavy atom. The highest BCUT2D eigenvalue weighted by Gasteiger charge is 2.31. The Labute approximate surface area is 143 Å². The molecule has 6 nitrogen and oxygen atoms in total. The lowest BCUT2D eigenvalue weighted by Crippen LogP contribution is -2.44. The summed E-state index contributed by atoms with van der Waals surface area (Å²) >= 11 is 0. The molecule has 0 aliphatic carbocycles. The van der Waals surface area contributed by atoms with E-state index in [1.165, 1.54) is 11.2 Å². The van der Waals surface area contributed by atoms with Crippen LogP contribution in [0.4, 0.5) is 5.69 Å². The van der Waals surface area contributed by atoms with Gasteiger partial charge in [0.25, 0.3) is 0 Å². The van der Waals surface area contributed by atoms with E-state index in [2.05, 4.69) is 5.32 Å². The van der Waals surface area contributed by atoms with Gasteiger partial charge in [0.2, 0.25) is 15.9 Å². The molecule has 1 amide bonds. The number of piperidine rings is 1. The fraction of sp³-hybridized carbons (Fsp3) is 0.529. The van der Waals surface area contributed by atoms with Crippen molar-refractivity contribution in [3.63, 3.8) is 0 Å². The molecular formula is C17H24N2O4S. The summed E-state index contributed by atoms with van der Waals surface area (Å²) in [5, 5.41) is 2.80. The number of benzene rings is 1. The van der Waals surface area contributed by atoms with Crippen LogP contribution in [-0.4, -0.2) is 43.3 Å². The lowest BCUT2D eigenvalue weighted by molar-refractivity contribution is -0.120. The van der Waals surface area contributed by atoms with Crippen molar-refractivity contribution in [1.29, 1.82) is 0 Å². The second-order valence-corrected chi connectivity index (χ2v) is 8.23. The molecule has 0 saturated carbocycles. The average Bonchev–Trinajstić information content (AvgIpc) is 2.55. The Morgan fingerprint density at radius 3 is 2.75 bits per heavy atom. The maximum Gasteiger partial charge on any atom is 0.228 e. The molecule has 1 aromatic rings. The van der Waals surface area contributed by atoms with E-state index in [-0.39, 0.29) is 29.9 Å². The van der Waals surface area contributed by atoms with Crippen molar-refractivity contribution in [1.82, 2.24) is 4.31 Å². The van der Waals surface area contributed by atoms with Gasteiger partial charge in [-0.25, -0.2) is 12.7 Å². The number of hydrogen-bond acceptors (Lipinski definition) is 4. The number of rotatable bonds is 6. The smallest absolute Gasteiger partial charge is 0.228 e. The van der Waals surface area contributed by atoms with Crippen molar-refractivity contribution in [2.45, 2.75) is 33.1 Å². The molecule has 1 aliphatic heterocycles. The number of hydrogen-bond donors (Lipinski definition) is 1. The number of carbonyl (C=O) groups is 2. The van der Waals surface area contributed by atoms with Crippen LogP contribution in [0, 0.1) is 5.92 Å². The molecule has 2 rings (SSSR count). The summed E-state index contributed by atoms with van der Waals surface area (Å²) in [4.78, 5) is 23.9. The van der Waals surface area contributed by atoms with Crippen molar-refractivity contribution >= 4 is 27.4 Å². The van der Waals surface area contributed by atoms with Crippen LogP contribution >= 0.6 is 0 Å². The zero-order chi connectivity index (χ0) is 17.7. The second kappa shape index (κ2) is 7.90. The van der Waals surface area contributed by atoms with E-state index in [1.54, 1.807) is 24.3 Å². The third-order valence-corrected chi connectivity index (χ3v) is 6.19. The quantitative estimate of drug-likeness (QED) is 0.796. The Balaban J connectivity index is 2.04. The van der Waals surface area contributed by atoms with Gasteiger partial charge in [0.1, 0.15) is 0 Å². The topological polar surface area (TPSA) is 83.6 Å². The Kier molecular flexibility index (Phi) is 6.12. The Bertz CT molecular complexity index is 715. The number of anilines is 1. The minimum Gasteiger partial charge on any atom is -0.326 e. The molecule has 1 saturated heterocycles. The van der Waals surface area contributed by atoms with Crippen molar-refractivity contribution in [2.24, 2.45) is 5.92 Å². The number of Topliss-reactive ketones (excluding diaryl/α,β-unsaturated/α-hetero) is 1. The average molecular weight is 352 g/mol. The van der Waals surface area contributed by atoms with Gasteiger partial charge in [0, 0.05) is 24.3 Å². The van der Waals surface area contributed by atoms with E-state index in [4.69, 9.17) is 0 Å². The van der Waals surface area contributed by atoms with Crippen LogP contribution in [0.15, 0.2) is 24.3 Å². The number of nitrogens with one attached hydrogen (secondary N) is 1. The second-order valence-electron chi connectivity index (χ2n) is 6.14. The van der Waals surface area contributed by atoms with Gasteiger partial charge in [-0.3, -0.25) is 9.59 Å². The number of amides is 1. The largest absolute Gasteiger partial charge is 0.326 e. The zero-order valence-corrected chi connectivity index (χ0v) is 14.9. The van der Waals surface area contributed by atoms with Crippen LogP contribution in [0.3, 0.4) is 0 Å². The molecule has 24 heavy (non-hydrogen) atoms. The van der Waals surface area contributed by atoms with Crippen molar-refractivity contribution < 1.29 is 18.0 Å². The number of ketones is 1. The van der Waals surface area contributed by atoms with E-state index in [0.29, 0.717) is 37.1 Å². The van der Waals surface area contributed by atoms with Gasteiger partial charge in [-0.15, -0.1) is 0 Å². The van der Waals surface area contributed by atoms with Crippen LogP contribution < -0.4 is 5.32 Å². The zero-order valence-electron chi connectivity index (χ0n) is 14.1. The van der Waals surface area contributed by atoms with Crippen LogP contribution in [0.2, 0.25) is 0 Å². The predicted molar refractivity (Wildman–Crippen MR) is 93.5 cm³/mol. The summed E-state index contributed by atoms with van der Waals surface area (Å²) in [5.41, 5.74) is 1.09. The minimum atomic E-state index is -3.28. The fourth-order valence-electron chi connectivity index (χ4n) is 2.86. The van der Waals surface area contributed by atoms with E-state index in [9.17, 15) is 18.0 Å². The first kappa shape index (κ1) is 18.6. The van der Waals surface area contributed by atoms with Crippen molar-refractivity contribution in [2.75, 3.05) is 24.2 Å². The van der Waals surface area contributed by atoms with Gasteiger partial charge in [0.15, 0.2) is 5.78 Å². The molecule has 0 aromatic heterocycles. The number of carbonyl (C=O) groups excluding carboxylic acids is 2. The molecule has 0 bridgehead atoms. The monoisotopic (exact) mass is 352 g/mol. The predicted octanol–water partition coefficient (Wildman–Crippen LogP) is 2.28. The number of sulfonamides is 1. The Hall–Kier alpha value is -1.73. The van der Waals surface area contributed by atoms with Gasteiger partial charge >= 0.3 is 0 Å². The molecule has 1 N–H and O–H groups in total. The van der Waals surface area contributed by atoms with Crippen LogP contribution in [0.5, 0.6) is 0 Å². The van der Waals surface area contributed by atoms with E-state index in [1.807, 2.05) is 6.92 Å². The molecule has 0 radical (unpaired) electrons. The third kappa shape index (κ3) is 4.64.